The van der Waals surface area contributed by atoms with Crippen LogP contribution in [-0.2, 0) is 11.2 Å². The predicted octanol–water partition coefficient (Wildman–Crippen LogP) is 6.80. The summed E-state index contributed by atoms with van der Waals surface area (Å²) >= 11 is 7.84. The van der Waals surface area contributed by atoms with Gasteiger partial charge in [-0.2, -0.15) is 5.10 Å². The molecular weight excluding hydrogens is 412 g/mol. The summed E-state index contributed by atoms with van der Waals surface area (Å²) in [4.78, 5) is 14.0. The van der Waals surface area contributed by atoms with Gasteiger partial charge in [0.05, 0.1) is 10.6 Å². The predicted molar refractivity (Wildman–Crippen MR) is 128 cm³/mol. The Morgan fingerprint density at radius 3 is 2.60 bits per heavy atom. The number of allylic oxidation sites excluding steroid dienone is 1. The van der Waals surface area contributed by atoms with Crippen molar-refractivity contribution >= 4 is 45.5 Å². The minimum Gasteiger partial charge on any atom is -0.293 e. The molecule has 2 aromatic rings. The van der Waals surface area contributed by atoms with Crippen LogP contribution in [0.3, 0.4) is 0 Å². The fourth-order valence-corrected chi connectivity index (χ4v) is 5.48. The van der Waals surface area contributed by atoms with Crippen molar-refractivity contribution in [3.05, 3.63) is 75.1 Å². The summed E-state index contributed by atoms with van der Waals surface area (Å²) in [6, 6.07) is 15.9. The van der Waals surface area contributed by atoms with Gasteiger partial charge < -0.3 is 0 Å². The van der Waals surface area contributed by atoms with Gasteiger partial charge in [0, 0.05) is 22.9 Å². The largest absolute Gasteiger partial charge is 0.293 e. The summed E-state index contributed by atoms with van der Waals surface area (Å²) < 4.78 is 0. The number of fused-ring (bicyclic) bond motifs is 1. The maximum Gasteiger partial charge on any atom is 0.174 e. The van der Waals surface area contributed by atoms with Crippen LogP contribution in [-0.4, -0.2) is 16.5 Å². The second-order valence-electron chi connectivity index (χ2n) is 8.16. The van der Waals surface area contributed by atoms with E-state index in [1.165, 1.54) is 11.8 Å². The molecule has 154 valence electrons. The van der Waals surface area contributed by atoms with Crippen molar-refractivity contribution in [2.24, 2.45) is 22.0 Å². The molecule has 0 amide bonds. The van der Waals surface area contributed by atoms with Crippen LogP contribution >= 0.6 is 23.4 Å². The van der Waals surface area contributed by atoms with E-state index in [4.69, 9.17) is 11.6 Å². The number of carbonyl (C=O) groups is 1. The molecule has 0 radical (unpaired) electrons. The Balaban J connectivity index is 1.78. The maximum atomic E-state index is 13.3. The quantitative estimate of drug-likeness (QED) is 0.517. The number of rotatable bonds is 5. The van der Waals surface area contributed by atoms with Crippen molar-refractivity contribution in [1.29, 1.82) is 0 Å². The molecule has 1 aliphatic carbocycles. The molecule has 0 N–H and O–H groups in total. The Labute approximate surface area is 187 Å². The fourth-order valence-electron chi connectivity index (χ4n) is 4.05. The molecule has 4 rings (SSSR count). The van der Waals surface area contributed by atoms with E-state index in [2.05, 4.69) is 31.0 Å². The van der Waals surface area contributed by atoms with Crippen LogP contribution in [0, 0.1) is 11.8 Å². The summed E-state index contributed by atoms with van der Waals surface area (Å²) in [7, 11) is 0. The first kappa shape index (κ1) is 21.1. The molecule has 0 aromatic heterocycles. The lowest BCUT2D eigenvalue weighted by Gasteiger charge is -2.24. The van der Waals surface area contributed by atoms with Crippen LogP contribution < -0.4 is 0 Å². The van der Waals surface area contributed by atoms with E-state index in [0.717, 1.165) is 50.8 Å². The van der Waals surface area contributed by atoms with E-state index in [9.17, 15) is 4.79 Å². The van der Waals surface area contributed by atoms with Gasteiger partial charge in [-0.3, -0.25) is 4.79 Å². The van der Waals surface area contributed by atoms with Crippen molar-refractivity contribution in [1.82, 2.24) is 0 Å². The first-order valence-corrected chi connectivity index (χ1v) is 11.6. The number of benzene rings is 2. The molecule has 1 aliphatic heterocycles. The lowest BCUT2D eigenvalue weighted by molar-refractivity contribution is -0.114. The van der Waals surface area contributed by atoms with Crippen molar-refractivity contribution in [3.63, 3.8) is 0 Å². The van der Waals surface area contributed by atoms with Crippen LogP contribution in [0.15, 0.2) is 63.6 Å². The molecule has 1 heterocycles. The van der Waals surface area contributed by atoms with E-state index in [-0.39, 0.29) is 11.7 Å². The second kappa shape index (κ2) is 8.91. The molecule has 0 saturated carbocycles. The summed E-state index contributed by atoms with van der Waals surface area (Å²) in [5.41, 5.74) is 5.15. The molecule has 1 unspecified atom stereocenters. The smallest absolute Gasteiger partial charge is 0.174 e. The summed E-state index contributed by atoms with van der Waals surface area (Å²) in [5.74, 6) is 0.848. The summed E-state index contributed by atoms with van der Waals surface area (Å²) in [5, 5.41) is 10.6. The highest BCUT2D eigenvalue weighted by molar-refractivity contribution is 8.18. The number of hydrogen-bond acceptors (Lipinski definition) is 4. The molecule has 1 atom stereocenters. The van der Waals surface area contributed by atoms with E-state index < -0.39 is 0 Å². The lowest BCUT2D eigenvalue weighted by atomic mass is 9.86. The summed E-state index contributed by atoms with van der Waals surface area (Å²) in [6.45, 7) is 6.55. The van der Waals surface area contributed by atoms with Gasteiger partial charge in [0.25, 0.3) is 0 Å². The second-order valence-corrected chi connectivity index (χ2v) is 9.63. The molecule has 3 nitrogen and oxygen atoms in total. The molecule has 2 aromatic carbocycles. The molecule has 2 aliphatic rings. The number of thioether (sulfide) groups is 1. The Morgan fingerprint density at radius 2 is 1.90 bits per heavy atom. The highest BCUT2D eigenvalue weighted by Crippen LogP contribution is 2.42. The van der Waals surface area contributed by atoms with Crippen LogP contribution in [0.1, 0.15) is 50.3 Å². The van der Waals surface area contributed by atoms with Crippen LogP contribution in [0.25, 0.3) is 5.57 Å². The molecule has 5 heteroatoms. The van der Waals surface area contributed by atoms with Gasteiger partial charge in [-0.25, -0.2) is 0 Å². The highest BCUT2D eigenvalue weighted by atomic mass is 35.5. The van der Waals surface area contributed by atoms with Crippen LogP contribution in [0.5, 0.6) is 0 Å². The molecule has 0 bridgehead atoms. The Hall–Kier alpha value is -2.17. The van der Waals surface area contributed by atoms with E-state index in [0.29, 0.717) is 17.4 Å². The standard InChI is InChI=1S/C25H25ClN2OS/c1-4-19-21(12-15(2)3)27-28-25(19)30-24-22(29)13-17-10-11-18(26)14-20(17)23(24)16-8-6-5-7-9-16/h5-11,14-15,19H,4,12-13H2,1-3H3. The van der Waals surface area contributed by atoms with E-state index in [1.807, 2.05) is 48.5 Å². The zero-order chi connectivity index (χ0) is 21.3. The number of hydrogen-bond donors (Lipinski definition) is 0. The normalized spacial score (nSPS) is 18.6. The first-order chi connectivity index (χ1) is 14.5. The average molecular weight is 437 g/mol. The number of Topliss-reactive ketones (excluding diaryl/α,β-unsaturated/α-hetero) is 1. The zero-order valence-electron chi connectivity index (χ0n) is 17.5. The van der Waals surface area contributed by atoms with Crippen LogP contribution in [0.4, 0.5) is 0 Å². The molecule has 0 spiro atoms. The number of halogens is 1. The van der Waals surface area contributed by atoms with Crippen molar-refractivity contribution in [3.8, 4) is 0 Å². The maximum absolute atomic E-state index is 13.3. The Morgan fingerprint density at radius 1 is 1.13 bits per heavy atom. The number of ketones is 1. The number of carbonyl (C=O) groups excluding carboxylic acids is 1. The topological polar surface area (TPSA) is 41.8 Å². The lowest BCUT2D eigenvalue weighted by Crippen LogP contribution is -2.21. The van der Waals surface area contributed by atoms with Gasteiger partial charge in [0.15, 0.2) is 5.78 Å². The SMILES string of the molecule is CCC1C(CC(C)C)=NN=C1SC1=C(c2ccccc2)c2cc(Cl)ccc2CC1=O. The minimum absolute atomic E-state index is 0.128. The van der Waals surface area contributed by atoms with Crippen molar-refractivity contribution < 1.29 is 4.79 Å². The number of nitrogens with zero attached hydrogens (tertiary/aromatic N) is 2. The van der Waals surface area contributed by atoms with Gasteiger partial charge in [-0.1, -0.05) is 80.5 Å². The van der Waals surface area contributed by atoms with E-state index in [1.54, 1.807) is 0 Å². The highest BCUT2D eigenvalue weighted by Gasteiger charge is 2.33. The van der Waals surface area contributed by atoms with Crippen LogP contribution in [0.2, 0.25) is 5.02 Å². The monoisotopic (exact) mass is 436 g/mol. The Bertz CT molecular complexity index is 1070. The van der Waals surface area contributed by atoms with Gasteiger partial charge in [-0.15, -0.1) is 5.10 Å². The van der Waals surface area contributed by atoms with Gasteiger partial charge in [-0.05, 0) is 47.6 Å². The molecule has 30 heavy (non-hydrogen) atoms. The van der Waals surface area contributed by atoms with Crippen molar-refractivity contribution in [2.75, 3.05) is 0 Å². The average Bonchev–Trinajstić information content (AvgIpc) is 3.10. The van der Waals surface area contributed by atoms with Crippen molar-refractivity contribution in [2.45, 2.75) is 40.0 Å². The Kier molecular flexibility index (Phi) is 6.26. The zero-order valence-corrected chi connectivity index (χ0v) is 19.1. The van der Waals surface area contributed by atoms with Gasteiger partial charge in [0.2, 0.25) is 0 Å². The van der Waals surface area contributed by atoms with Gasteiger partial charge >= 0.3 is 0 Å². The van der Waals surface area contributed by atoms with Gasteiger partial charge in [0.1, 0.15) is 5.04 Å². The first-order valence-electron chi connectivity index (χ1n) is 10.4. The van der Waals surface area contributed by atoms with E-state index >= 15 is 0 Å². The molecule has 0 fully saturated rings. The summed E-state index contributed by atoms with van der Waals surface area (Å²) in [6.07, 6.45) is 2.25. The fraction of sp³-hybridized carbons (Fsp3) is 0.320. The molecule has 0 saturated heterocycles. The minimum atomic E-state index is 0.128. The molecular formula is C25H25ClN2OS. The third kappa shape index (κ3) is 4.17. The third-order valence-corrected chi connectivity index (χ3v) is 6.89. The third-order valence-electron chi connectivity index (χ3n) is 5.44.